The van der Waals surface area contributed by atoms with E-state index in [0.29, 0.717) is 24.4 Å². The first-order chi connectivity index (χ1) is 10.2. The van der Waals surface area contributed by atoms with Gasteiger partial charge in [0.1, 0.15) is 11.4 Å². The van der Waals surface area contributed by atoms with Crippen molar-refractivity contribution in [2.75, 3.05) is 31.2 Å². The minimum atomic E-state index is -0.396. The molecule has 7 nitrogen and oxygen atoms in total. The van der Waals surface area contributed by atoms with E-state index in [4.69, 9.17) is 9.47 Å². The number of morpholine rings is 1. The van der Waals surface area contributed by atoms with Gasteiger partial charge in [0.15, 0.2) is 5.65 Å². The number of carbonyl (C=O) groups is 1. The lowest BCUT2D eigenvalue weighted by atomic mass is 10.3. The summed E-state index contributed by atoms with van der Waals surface area (Å²) < 4.78 is 12.1. The highest BCUT2D eigenvalue weighted by molar-refractivity contribution is 5.95. The van der Waals surface area contributed by atoms with Crippen LogP contribution < -0.4 is 4.90 Å². The quantitative estimate of drug-likeness (QED) is 0.789. The Kier molecular flexibility index (Phi) is 3.74. The molecule has 0 spiro atoms. The van der Waals surface area contributed by atoms with Gasteiger partial charge in [0.05, 0.1) is 25.5 Å². The Hall–Kier alpha value is -2.15. The van der Waals surface area contributed by atoms with Gasteiger partial charge in [-0.25, -0.2) is 14.3 Å². The third-order valence-electron chi connectivity index (χ3n) is 3.41. The lowest BCUT2D eigenvalue weighted by Crippen LogP contribution is -2.41. The number of aromatic nitrogens is 3. The molecule has 0 radical (unpaired) electrons. The van der Waals surface area contributed by atoms with Crippen LogP contribution in [0.15, 0.2) is 18.5 Å². The van der Waals surface area contributed by atoms with Gasteiger partial charge in [0, 0.05) is 19.3 Å². The first kappa shape index (κ1) is 13.8. The minimum absolute atomic E-state index is 0.172. The van der Waals surface area contributed by atoms with Crippen molar-refractivity contribution in [3.8, 4) is 0 Å². The molecule has 2 aromatic rings. The second kappa shape index (κ2) is 5.69. The van der Waals surface area contributed by atoms with Crippen LogP contribution in [0.2, 0.25) is 0 Å². The summed E-state index contributed by atoms with van der Waals surface area (Å²) in [5, 5.41) is 4.13. The van der Waals surface area contributed by atoms with E-state index in [1.54, 1.807) is 17.6 Å². The van der Waals surface area contributed by atoms with Gasteiger partial charge in [0.2, 0.25) is 0 Å². The molecule has 1 saturated heterocycles. The van der Waals surface area contributed by atoms with Crippen LogP contribution in [0.5, 0.6) is 0 Å². The molecule has 0 N–H and O–H groups in total. The van der Waals surface area contributed by atoms with Crippen molar-refractivity contribution in [2.24, 2.45) is 0 Å². The molecule has 1 aliphatic heterocycles. The van der Waals surface area contributed by atoms with E-state index in [1.807, 2.05) is 13.0 Å². The molecule has 0 aromatic carbocycles. The number of anilines is 1. The third-order valence-corrected chi connectivity index (χ3v) is 3.41. The number of nitrogens with zero attached hydrogens (tertiary/aromatic N) is 4. The Bertz CT molecular complexity index is 655. The summed E-state index contributed by atoms with van der Waals surface area (Å²) >= 11 is 0. The van der Waals surface area contributed by atoms with E-state index in [1.165, 1.54) is 6.20 Å². The lowest BCUT2D eigenvalue weighted by Gasteiger charge is -2.31. The summed E-state index contributed by atoms with van der Waals surface area (Å²) in [6, 6.07) is 1.90. The fraction of sp³-hybridized carbons (Fsp3) is 0.500. The molecular weight excluding hydrogens is 272 g/mol. The van der Waals surface area contributed by atoms with E-state index in [9.17, 15) is 4.79 Å². The Morgan fingerprint density at radius 2 is 2.43 bits per heavy atom. The zero-order valence-corrected chi connectivity index (χ0v) is 12.2. The van der Waals surface area contributed by atoms with Crippen LogP contribution in [-0.4, -0.2) is 53.0 Å². The SMILES string of the molecule is CCOC(=O)c1cnn2ccc(N3CCO[C@@H](C)C3)nc12. The molecule has 0 amide bonds. The number of ether oxygens (including phenoxy) is 2. The van der Waals surface area contributed by atoms with Crippen molar-refractivity contribution in [1.29, 1.82) is 0 Å². The first-order valence-electron chi connectivity index (χ1n) is 7.07. The predicted molar refractivity (Wildman–Crippen MR) is 76.6 cm³/mol. The maximum atomic E-state index is 11.9. The fourth-order valence-corrected chi connectivity index (χ4v) is 2.41. The maximum Gasteiger partial charge on any atom is 0.343 e. The molecule has 112 valence electrons. The molecule has 1 aliphatic rings. The highest BCUT2D eigenvalue weighted by Crippen LogP contribution is 2.18. The van der Waals surface area contributed by atoms with Crippen molar-refractivity contribution in [1.82, 2.24) is 14.6 Å². The van der Waals surface area contributed by atoms with Crippen molar-refractivity contribution < 1.29 is 14.3 Å². The number of hydrogen-bond acceptors (Lipinski definition) is 6. The number of rotatable bonds is 3. The van der Waals surface area contributed by atoms with Gasteiger partial charge in [0.25, 0.3) is 0 Å². The van der Waals surface area contributed by atoms with Crippen LogP contribution in [0.4, 0.5) is 5.82 Å². The van der Waals surface area contributed by atoms with Gasteiger partial charge in [-0.05, 0) is 19.9 Å². The Balaban J connectivity index is 1.94. The van der Waals surface area contributed by atoms with E-state index >= 15 is 0 Å². The minimum Gasteiger partial charge on any atom is -0.462 e. The Morgan fingerprint density at radius 3 is 3.19 bits per heavy atom. The monoisotopic (exact) mass is 290 g/mol. The van der Waals surface area contributed by atoms with Crippen molar-refractivity contribution in [3.05, 3.63) is 24.0 Å². The molecule has 2 aromatic heterocycles. The summed E-state index contributed by atoms with van der Waals surface area (Å²) in [6.45, 7) is 6.39. The summed E-state index contributed by atoms with van der Waals surface area (Å²) in [5.41, 5.74) is 0.908. The largest absolute Gasteiger partial charge is 0.462 e. The standard InChI is InChI=1S/C14H18N4O3/c1-3-20-14(19)11-8-15-18-5-4-12(16-13(11)18)17-6-7-21-10(2)9-17/h4-5,8,10H,3,6-7,9H2,1-2H3/t10-/m0/s1. The summed E-state index contributed by atoms with van der Waals surface area (Å²) in [7, 11) is 0. The maximum absolute atomic E-state index is 11.9. The second-order valence-electron chi connectivity index (χ2n) is 4.96. The number of fused-ring (bicyclic) bond motifs is 1. The van der Waals surface area contributed by atoms with Gasteiger partial charge in [-0.1, -0.05) is 0 Å². The van der Waals surface area contributed by atoms with Gasteiger partial charge < -0.3 is 14.4 Å². The van der Waals surface area contributed by atoms with Crippen molar-refractivity contribution in [3.63, 3.8) is 0 Å². The second-order valence-corrected chi connectivity index (χ2v) is 4.96. The first-order valence-corrected chi connectivity index (χ1v) is 7.07. The third kappa shape index (κ3) is 2.69. The Labute approximate surface area is 122 Å². The summed E-state index contributed by atoms with van der Waals surface area (Å²) in [5.74, 6) is 0.427. The van der Waals surface area contributed by atoms with Crippen LogP contribution in [0.3, 0.4) is 0 Å². The number of carbonyl (C=O) groups excluding carboxylic acids is 1. The van der Waals surface area contributed by atoms with Gasteiger partial charge in [-0.2, -0.15) is 5.10 Å². The molecule has 1 fully saturated rings. The molecule has 1 atom stereocenters. The lowest BCUT2D eigenvalue weighted by molar-refractivity contribution is 0.0522. The van der Waals surface area contributed by atoms with E-state index in [0.717, 1.165) is 18.9 Å². The van der Waals surface area contributed by atoms with Crippen LogP contribution in [0, 0.1) is 0 Å². The zero-order valence-electron chi connectivity index (χ0n) is 12.2. The molecule has 3 rings (SSSR count). The smallest absolute Gasteiger partial charge is 0.343 e. The highest BCUT2D eigenvalue weighted by Gasteiger charge is 2.20. The fourth-order valence-electron chi connectivity index (χ4n) is 2.41. The van der Waals surface area contributed by atoms with E-state index in [2.05, 4.69) is 15.0 Å². The van der Waals surface area contributed by atoms with Crippen LogP contribution in [0.25, 0.3) is 5.65 Å². The van der Waals surface area contributed by atoms with Crippen LogP contribution in [-0.2, 0) is 9.47 Å². The highest BCUT2D eigenvalue weighted by atomic mass is 16.5. The molecular formula is C14H18N4O3. The average molecular weight is 290 g/mol. The predicted octanol–water partition coefficient (Wildman–Crippen LogP) is 1.13. The van der Waals surface area contributed by atoms with Gasteiger partial charge in [-0.15, -0.1) is 0 Å². The van der Waals surface area contributed by atoms with E-state index < -0.39 is 5.97 Å². The molecule has 7 heteroatoms. The van der Waals surface area contributed by atoms with Gasteiger partial charge in [-0.3, -0.25) is 0 Å². The molecule has 21 heavy (non-hydrogen) atoms. The normalized spacial score (nSPS) is 19.0. The molecule has 3 heterocycles. The van der Waals surface area contributed by atoms with Gasteiger partial charge >= 0.3 is 5.97 Å². The van der Waals surface area contributed by atoms with Crippen molar-refractivity contribution in [2.45, 2.75) is 20.0 Å². The number of esters is 1. The van der Waals surface area contributed by atoms with Crippen LogP contribution in [0.1, 0.15) is 24.2 Å². The number of hydrogen-bond donors (Lipinski definition) is 0. The topological polar surface area (TPSA) is 69.0 Å². The Morgan fingerprint density at radius 1 is 1.57 bits per heavy atom. The van der Waals surface area contributed by atoms with Crippen molar-refractivity contribution >= 4 is 17.4 Å². The molecule has 0 unspecified atom stereocenters. The summed E-state index contributed by atoms with van der Waals surface area (Å²) in [4.78, 5) is 18.6. The van der Waals surface area contributed by atoms with Crippen LogP contribution >= 0.6 is 0 Å². The zero-order chi connectivity index (χ0) is 14.8. The molecule has 0 bridgehead atoms. The average Bonchev–Trinajstić information content (AvgIpc) is 2.90. The summed E-state index contributed by atoms with van der Waals surface area (Å²) in [6.07, 6.45) is 3.47. The van der Waals surface area contributed by atoms with E-state index in [-0.39, 0.29) is 6.10 Å². The molecule has 0 saturated carbocycles. The molecule has 0 aliphatic carbocycles.